The molecule has 1 aliphatic rings. The van der Waals surface area contributed by atoms with Crippen LogP contribution in [0.3, 0.4) is 0 Å². The lowest BCUT2D eigenvalue weighted by Gasteiger charge is -2.23. The van der Waals surface area contributed by atoms with Crippen LogP contribution in [0.15, 0.2) is 42.5 Å². The largest absolute Gasteiger partial charge is 0.349 e. The van der Waals surface area contributed by atoms with Crippen LogP contribution in [-0.2, 0) is 4.79 Å². The number of rotatable bonds is 5. The third-order valence-corrected chi connectivity index (χ3v) is 5.21. The van der Waals surface area contributed by atoms with Gasteiger partial charge in [0.15, 0.2) is 0 Å². The summed E-state index contributed by atoms with van der Waals surface area (Å²) in [5, 5.41) is 8.81. The normalized spacial score (nSPS) is 14.1. The van der Waals surface area contributed by atoms with Crippen molar-refractivity contribution in [2.45, 2.75) is 45.1 Å². The molecule has 0 radical (unpaired) electrons. The molecule has 1 aliphatic carbocycles. The quantitative estimate of drug-likeness (QED) is 0.668. The minimum Gasteiger partial charge on any atom is -0.349 e. The molecule has 29 heavy (non-hydrogen) atoms. The van der Waals surface area contributed by atoms with Crippen molar-refractivity contribution in [1.82, 2.24) is 5.32 Å². The summed E-state index contributed by atoms with van der Waals surface area (Å²) >= 11 is 6.21. The number of halogens is 1. The molecular weight excluding hydrogens is 390 g/mol. The molecule has 0 heterocycles. The maximum absolute atomic E-state index is 12.6. The Balaban J connectivity index is 1.67. The van der Waals surface area contributed by atoms with E-state index in [1.807, 2.05) is 0 Å². The van der Waals surface area contributed by atoms with E-state index in [-0.39, 0.29) is 23.8 Å². The van der Waals surface area contributed by atoms with Crippen LogP contribution in [-0.4, -0.2) is 23.8 Å². The van der Waals surface area contributed by atoms with E-state index >= 15 is 0 Å². The number of amides is 3. The van der Waals surface area contributed by atoms with Crippen molar-refractivity contribution >= 4 is 40.7 Å². The van der Waals surface area contributed by atoms with Crippen LogP contribution >= 0.6 is 11.6 Å². The zero-order valence-electron chi connectivity index (χ0n) is 16.3. The number of hydrogen-bond acceptors (Lipinski definition) is 3. The second kappa shape index (κ2) is 9.56. The van der Waals surface area contributed by atoms with Gasteiger partial charge in [0.25, 0.3) is 11.8 Å². The first kappa shape index (κ1) is 20.9. The van der Waals surface area contributed by atoms with Gasteiger partial charge in [-0.1, -0.05) is 30.9 Å². The van der Waals surface area contributed by atoms with Gasteiger partial charge < -0.3 is 16.0 Å². The zero-order valence-corrected chi connectivity index (χ0v) is 17.0. The second-order valence-corrected chi connectivity index (χ2v) is 7.62. The molecule has 3 amide bonds. The van der Waals surface area contributed by atoms with E-state index in [0.29, 0.717) is 27.5 Å². The number of hydrogen-bond donors (Lipinski definition) is 3. The van der Waals surface area contributed by atoms with Crippen molar-refractivity contribution in [1.29, 1.82) is 0 Å². The molecule has 1 saturated carbocycles. The topological polar surface area (TPSA) is 87.3 Å². The molecule has 7 heteroatoms. The Hall–Kier alpha value is -2.86. The maximum Gasteiger partial charge on any atom is 0.255 e. The van der Waals surface area contributed by atoms with Gasteiger partial charge >= 0.3 is 0 Å². The van der Waals surface area contributed by atoms with Crippen molar-refractivity contribution in [3.63, 3.8) is 0 Å². The van der Waals surface area contributed by atoms with Gasteiger partial charge in [-0.2, -0.15) is 0 Å². The van der Waals surface area contributed by atoms with E-state index in [4.69, 9.17) is 11.6 Å². The zero-order chi connectivity index (χ0) is 20.8. The summed E-state index contributed by atoms with van der Waals surface area (Å²) in [6, 6.07) is 11.6. The summed E-state index contributed by atoms with van der Waals surface area (Å²) in [5.41, 5.74) is 1.87. The molecule has 0 atom stereocenters. The first-order valence-corrected chi connectivity index (χ1v) is 10.1. The fraction of sp³-hybridized carbons (Fsp3) is 0.318. The van der Waals surface area contributed by atoms with E-state index < -0.39 is 0 Å². The molecule has 0 bridgehead atoms. The molecule has 1 fully saturated rings. The molecule has 0 unspecified atom stereocenters. The number of carbonyl (C=O) groups excluding carboxylic acids is 3. The Morgan fingerprint density at radius 2 is 1.52 bits per heavy atom. The molecule has 152 valence electrons. The summed E-state index contributed by atoms with van der Waals surface area (Å²) in [5.74, 6) is -0.722. The Morgan fingerprint density at radius 3 is 2.17 bits per heavy atom. The fourth-order valence-corrected chi connectivity index (χ4v) is 3.60. The first-order chi connectivity index (χ1) is 13.9. The average molecular weight is 414 g/mol. The SMILES string of the molecule is CC(=O)Nc1ccc(C(=O)Nc2ccc(Cl)c(C(=O)NC3CCCCC3)c2)cc1. The summed E-state index contributed by atoms with van der Waals surface area (Å²) in [6.07, 6.45) is 5.41. The van der Waals surface area contributed by atoms with Crippen LogP contribution in [0.25, 0.3) is 0 Å². The van der Waals surface area contributed by atoms with Crippen LogP contribution < -0.4 is 16.0 Å². The molecule has 0 saturated heterocycles. The Kier molecular flexibility index (Phi) is 6.88. The van der Waals surface area contributed by atoms with Gasteiger partial charge in [-0.3, -0.25) is 14.4 Å². The van der Waals surface area contributed by atoms with E-state index in [1.54, 1.807) is 42.5 Å². The number of carbonyl (C=O) groups is 3. The highest BCUT2D eigenvalue weighted by Gasteiger charge is 2.19. The predicted molar refractivity (Wildman–Crippen MR) is 114 cm³/mol. The van der Waals surface area contributed by atoms with Gasteiger partial charge in [0.05, 0.1) is 10.6 Å². The minimum atomic E-state index is -0.319. The van der Waals surface area contributed by atoms with Crippen molar-refractivity contribution in [2.24, 2.45) is 0 Å². The van der Waals surface area contributed by atoms with Gasteiger partial charge in [0.2, 0.25) is 5.91 Å². The van der Waals surface area contributed by atoms with Crippen LogP contribution in [0.2, 0.25) is 5.02 Å². The van der Waals surface area contributed by atoms with E-state index in [2.05, 4.69) is 16.0 Å². The minimum absolute atomic E-state index is 0.174. The maximum atomic E-state index is 12.6. The second-order valence-electron chi connectivity index (χ2n) is 7.22. The molecule has 6 nitrogen and oxygen atoms in total. The summed E-state index contributed by atoms with van der Waals surface area (Å²) in [6.45, 7) is 1.42. The van der Waals surface area contributed by atoms with Gasteiger partial charge in [-0.05, 0) is 55.3 Å². The van der Waals surface area contributed by atoms with Crippen molar-refractivity contribution < 1.29 is 14.4 Å². The third-order valence-electron chi connectivity index (χ3n) is 4.88. The van der Waals surface area contributed by atoms with E-state index in [1.165, 1.54) is 13.3 Å². The summed E-state index contributed by atoms with van der Waals surface area (Å²) in [7, 11) is 0. The van der Waals surface area contributed by atoms with Gasteiger partial charge in [0.1, 0.15) is 0 Å². The highest BCUT2D eigenvalue weighted by Crippen LogP contribution is 2.23. The summed E-state index contributed by atoms with van der Waals surface area (Å²) in [4.78, 5) is 36.2. The van der Waals surface area contributed by atoms with Crippen LogP contribution in [0.4, 0.5) is 11.4 Å². The Bertz CT molecular complexity index is 906. The standard InChI is InChI=1S/C22H24ClN3O3/c1-14(27)24-17-9-7-15(8-10-17)21(28)26-18-11-12-20(23)19(13-18)22(29)25-16-5-3-2-4-6-16/h7-13,16H,2-6H2,1H3,(H,24,27)(H,25,29)(H,26,28). The lowest BCUT2D eigenvalue weighted by Crippen LogP contribution is -2.36. The monoisotopic (exact) mass is 413 g/mol. The number of benzene rings is 2. The average Bonchev–Trinajstić information content (AvgIpc) is 2.70. The number of anilines is 2. The van der Waals surface area contributed by atoms with Crippen molar-refractivity contribution in [3.05, 3.63) is 58.6 Å². The van der Waals surface area contributed by atoms with Gasteiger partial charge in [0, 0.05) is 29.9 Å². The van der Waals surface area contributed by atoms with Crippen LogP contribution in [0.5, 0.6) is 0 Å². The molecule has 2 aromatic carbocycles. The Morgan fingerprint density at radius 1 is 0.862 bits per heavy atom. The lowest BCUT2D eigenvalue weighted by molar-refractivity contribution is -0.114. The van der Waals surface area contributed by atoms with E-state index in [9.17, 15) is 14.4 Å². The first-order valence-electron chi connectivity index (χ1n) is 9.72. The predicted octanol–water partition coefficient (Wildman–Crippen LogP) is 4.61. The molecule has 3 N–H and O–H groups in total. The summed E-state index contributed by atoms with van der Waals surface area (Å²) < 4.78 is 0. The molecule has 0 spiro atoms. The number of nitrogens with one attached hydrogen (secondary N) is 3. The molecule has 2 aromatic rings. The van der Waals surface area contributed by atoms with Crippen LogP contribution in [0.1, 0.15) is 59.7 Å². The lowest BCUT2D eigenvalue weighted by atomic mass is 9.95. The molecule has 0 aromatic heterocycles. The highest BCUT2D eigenvalue weighted by atomic mass is 35.5. The molecular formula is C22H24ClN3O3. The van der Waals surface area contributed by atoms with E-state index in [0.717, 1.165) is 25.7 Å². The molecule has 0 aliphatic heterocycles. The fourth-order valence-electron chi connectivity index (χ4n) is 3.40. The highest BCUT2D eigenvalue weighted by molar-refractivity contribution is 6.34. The van der Waals surface area contributed by atoms with Gasteiger partial charge in [-0.25, -0.2) is 0 Å². The van der Waals surface area contributed by atoms with Gasteiger partial charge in [-0.15, -0.1) is 0 Å². The van der Waals surface area contributed by atoms with Crippen molar-refractivity contribution in [2.75, 3.05) is 10.6 Å². The Labute approximate surface area is 175 Å². The molecule has 3 rings (SSSR count). The van der Waals surface area contributed by atoms with Crippen LogP contribution in [0, 0.1) is 0 Å². The smallest absolute Gasteiger partial charge is 0.255 e. The van der Waals surface area contributed by atoms with Crippen molar-refractivity contribution in [3.8, 4) is 0 Å². The third kappa shape index (κ3) is 5.81.